The topological polar surface area (TPSA) is 65.2 Å². The highest BCUT2D eigenvalue weighted by molar-refractivity contribution is 6.09. The van der Waals surface area contributed by atoms with Crippen molar-refractivity contribution in [3.63, 3.8) is 0 Å². The number of piperazine rings is 1. The Labute approximate surface area is 170 Å². The van der Waals surface area contributed by atoms with E-state index < -0.39 is 0 Å². The summed E-state index contributed by atoms with van der Waals surface area (Å²) in [4.78, 5) is 30.5. The van der Waals surface area contributed by atoms with Crippen molar-refractivity contribution in [1.29, 1.82) is 0 Å². The van der Waals surface area contributed by atoms with E-state index in [1.807, 2.05) is 4.90 Å². The quantitative estimate of drug-likeness (QED) is 0.658. The Bertz CT molecular complexity index is 976. The normalized spacial score (nSPS) is 16.6. The highest BCUT2D eigenvalue weighted by Crippen LogP contribution is 2.25. The molecule has 148 valence electrons. The van der Waals surface area contributed by atoms with Crippen LogP contribution in [-0.2, 0) is 6.42 Å². The molecule has 3 aromatic rings. The Morgan fingerprint density at radius 3 is 2.34 bits per heavy atom. The maximum absolute atomic E-state index is 13.2. The number of carbonyl (C=O) groups is 2. The number of hydrogen-bond acceptors (Lipinski definition) is 3. The van der Waals surface area contributed by atoms with Gasteiger partial charge in [0.1, 0.15) is 0 Å². The molecule has 29 heavy (non-hydrogen) atoms. The fourth-order valence-corrected chi connectivity index (χ4v) is 3.78. The third kappa shape index (κ3) is 4.00. The maximum atomic E-state index is 13.2. The third-order valence-electron chi connectivity index (χ3n) is 5.53. The van der Waals surface area contributed by atoms with Crippen LogP contribution in [0.15, 0.2) is 67.0 Å². The molecule has 1 amide bonds. The monoisotopic (exact) mass is 387 g/mol. The molecule has 2 N–H and O–H groups in total. The predicted molar refractivity (Wildman–Crippen MR) is 113 cm³/mol. The van der Waals surface area contributed by atoms with Gasteiger partial charge in [-0.05, 0) is 35.7 Å². The number of amides is 1. The van der Waals surface area contributed by atoms with E-state index in [1.165, 1.54) is 5.56 Å². The van der Waals surface area contributed by atoms with E-state index in [1.54, 1.807) is 42.7 Å². The van der Waals surface area contributed by atoms with Crippen LogP contribution < -0.4 is 5.32 Å². The van der Waals surface area contributed by atoms with E-state index in [-0.39, 0.29) is 17.7 Å². The third-order valence-corrected chi connectivity index (χ3v) is 5.53. The summed E-state index contributed by atoms with van der Waals surface area (Å²) in [5.74, 6) is -0.0574. The molecule has 1 aliphatic rings. The number of aryl methyl sites for hydroxylation is 1. The van der Waals surface area contributed by atoms with Crippen molar-refractivity contribution < 1.29 is 9.59 Å². The molecule has 2 aromatic carbocycles. The molecule has 4 rings (SSSR count). The highest BCUT2D eigenvalue weighted by atomic mass is 16.2. The molecular weight excluding hydrogens is 362 g/mol. The molecule has 1 saturated heterocycles. The van der Waals surface area contributed by atoms with Crippen molar-refractivity contribution >= 4 is 11.7 Å². The molecule has 0 spiro atoms. The average molecular weight is 387 g/mol. The first-order chi connectivity index (χ1) is 14.2. The zero-order chi connectivity index (χ0) is 20.2. The van der Waals surface area contributed by atoms with Crippen molar-refractivity contribution in [2.45, 2.75) is 19.4 Å². The minimum atomic E-state index is -0.0543. The van der Waals surface area contributed by atoms with Gasteiger partial charge in [-0.2, -0.15) is 0 Å². The van der Waals surface area contributed by atoms with Crippen molar-refractivity contribution in [2.24, 2.45) is 0 Å². The summed E-state index contributed by atoms with van der Waals surface area (Å²) in [6.07, 6.45) is 4.40. The van der Waals surface area contributed by atoms with Gasteiger partial charge in [-0.3, -0.25) is 9.59 Å². The lowest BCUT2D eigenvalue weighted by Crippen LogP contribution is -2.48. The Morgan fingerprint density at radius 1 is 0.966 bits per heavy atom. The number of ketones is 1. The van der Waals surface area contributed by atoms with E-state index in [4.69, 9.17) is 0 Å². The molecular formula is C24H25N3O2. The second kappa shape index (κ2) is 8.45. The predicted octanol–water partition coefficient (Wildman–Crippen LogP) is 3.59. The largest absolute Gasteiger partial charge is 0.367 e. The van der Waals surface area contributed by atoms with E-state index in [0.29, 0.717) is 23.2 Å². The van der Waals surface area contributed by atoms with Crippen molar-refractivity contribution in [3.05, 3.63) is 94.8 Å². The lowest BCUT2D eigenvalue weighted by molar-refractivity contribution is 0.0634. The summed E-state index contributed by atoms with van der Waals surface area (Å²) < 4.78 is 0. The molecule has 1 aromatic heterocycles. The average Bonchev–Trinajstić information content (AvgIpc) is 3.33. The SMILES string of the molecule is CCc1ccc(C2CNCCN2C(=O)c2ccc(C(=O)c3cc[nH]c3)cc2)cc1. The smallest absolute Gasteiger partial charge is 0.254 e. The van der Waals surface area contributed by atoms with Gasteiger partial charge in [0.05, 0.1) is 6.04 Å². The summed E-state index contributed by atoms with van der Waals surface area (Å²) in [6.45, 7) is 4.31. The number of aromatic amines is 1. The van der Waals surface area contributed by atoms with Crippen LogP contribution in [0.3, 0.4) is 0 Å². The van der Waals surface area contributed by atoms with E-state index >= 15 is 0 Å². The molecule has 5 heteroatoms. The van der Waals surface area contributed by atoms with Gasteiger partial charge in [0.2, 0.25) is 0 Å². The van der Waals surface area contributed by atoms with Gasteiger partial charge in [-0.1, -0.05) is 43.3 Å². The summed E-state index contributed by atoms with van der Waals surface area (Å²) in [5.41, 5.74) is 4.22. The van der Waals surface area contributed by atoms with Crippen molar-refractivity contribution in [2.75, 3.05) is 19.6 Å². The fourth-order valence-electron chi connectivity index (χ4n) is 3.78. The summed E-state index contributed by atoms with van der Waals surface area (Å²) in [7, 11) is 0. The van der Waals surface area contributed by atoms with Gasteiger partial charge in [0.25, 0.3) is 5.91 Å². The Morgan fingerprint density at radius 2 is 1.69 bits per heavy atom. The number of rotatable bonds is 5. The lowest BCUT2D eigenvalue weighted by Gasteiger charge is -2.36. The van der Waals surface area contributed by atoms with Gasteiger partial charge in [0, 0.05) is 48.7 Å². The first kappa shape index (κ1) is 19.2. The Hall–Kier alpha value is -3.18. The summed E-state index contributed by atoms with van der Waals surface area (Å²) in [6, 6.07) is 17.2. The summed E-state index contributed by atoms with van der Waals surface area (Å²) >= 11 is 0. The van der Waals surface area contributed by atoms with Gasteiger partial charge >= 0.3 is 0 Å². The molecule has 1 unspecified atom stereocenters. The highest BCUT2D eigenvalue weighted by Gasteiger charge is 2.28. The minimum Gasteiger partial charge on any atom is -0.367 e. The fraction of sp³-hybridized carbons (Fsp3) is 0.250. The van der Waals surface area contributed by atoms with Crippen LogP contribution in [0.4, 0.5) is 0 Å². The molecule has 0 bridgehead atoms. The molecule has 0 saturated carbocycles. The molecule has 0 aliphatic carbocycles. The Balaban J connectivity index is 1.54. The molecule has 2 heterocycles. The lowest BCUT2D eigenvalue weighted by atomic mass is 9.99. The maximum Gasteiger partial charge on any atom is 0.254 e. The van der Waals surface area contributed by atoms with E-state index in [9.17, 15) is 9.59 Å². The second-order valence-corrected chi connectivity index (χ2v) is 7.32. The van der Waals surface area contributed by atoms with Gasteiger partial charge in [-0.25, -0.2) is 0 Å². The number of nitrogens with one attached hydrogen (secondary N) is 2. The number of H-pyrrole nitrogens is 1. The number of nitrogens with zero attached hydrogens (tertiary/aromatic N) is 1. The standard InChI is InChI=1S/C24H25N3O2/c1-2-17-3-5-18(6-4-17)22-16-26-13-14-27(22)24(29)20-9-7-19(8-10-20)23(28)21-11-12-25-15-21/h3-12,15,22,25-26H,2,13-14,16H2,1H3. The number of benzene rings is 2. The van der Waals surface area contributed by atoms with Crippen LogP contribution >= 0.6 is 0 Å². The van der Waals surface area contributed by atoms with Crippen molar-refractivity contribution in [3.8, 4) is 0 Å². The minimum absolute atomic E-state index is 0.00304. The van der Waals surface area contributed by atoms with Gasteiger partial charge in [-0.15, -0.1) is 0 Å². The molecule has 1 atom stereocenters. The molecule has 5 nitrogen and oxygen atoms in total. The van der Waals surface area contributed by atoms with Gasteiger partial charge < -0.3 is 15.2 Å². The number of carbonyl (C=O) groups excluding carboxylic acids is 2. The van der Waals surface area contributed by atoms with Crippen LogP contribution in [0.2, 0.25) is 0 Å². The van der Waals surface area contributed by atoms with Gasteiger partial charge in [0.15, 0.2) is 5.78 Å². The van der Waals surface area contributed by atoms with Crippen LogP contribution in [0.25, 0.3) is 0 Å². The van der Waals surface area contributed by atoms with Crippen LogP contribution in [-0.4, -0.2) is 41.2 Å². The number of hydrogen-bond donors (Lipinski definition) is 2. The number of aromatic nitrogens is 1. The summed E-state index contributed by atoms with van der Waals surface area (Å²) in [5, 5.41) is 3.40. The van der Waals surface area contributed by atoms with Crippen LogP contribution in [0.5, 0.6) is 0 Å². The molecule has 0 radical (unpaired) electrons. The zero-order valence-corrected chi connectivity index (χ0v) is 16.5. The van der Waals surface area contributed by atoms with E-state index in [0.717, 1.165) is 25.1 Å². The second-order valence-electron chi connectivity index (χ2n) is 7.32. The van der Waals surface area contributed by atoms with Crippen molar-refractivity contribution in [1.82, 2.24) is 15.2 Å². The van der Waals surface area contributed by atoms with Crippen LogP contribution in [0, 0.1) is 0 Å². The Kier molecular flexibility index (Phi) is 5.58. The first-order valence-corrected chi connectivity index (χ1v) is 10.1. The van der Waals surface area contributed by atoms with E-state index in [2.05, 4.69) is 41.5 Å². The molecule has 1 aliphatic heterocycles. The van der Waals surface area contributed by atoms with Crippen LogP contribution in [0.1, 0.15) is 50.4 Å². The zero-order valence-electron chi connectivity index (χ0n) is 16.5. The molecule has 1 fully saturated rings. The first-order valence-electron chi connectivity index (χ1n) is 10.1.